The number of halogens is 1. The summed E-state index contributed by atoms with van der Waals surface area (Å²) in [6.07, 6.45) is 1.58. The summed E-state index contributed by atoms with van der Waals surface area (Å²) in [4.78, 5) is 19.5. The Balaban J connectivity index is 2.40. The quantitative estimate of drug-likeness (QED) is 0.659. The molecule has 1 aromatic carbocycles. The van der Waals surface area contributed by atoms with Crippen LogP contribution in [0.4, 0.5) is 10.1 Å². The van der Waals surface area contributed by atoms with Gasteiger partial charge in [0.05, 0.1) is 10.5 Å². The number of anilines is 1. The van der Waals surface area contributed by atoms with E-state index in [0.29, 0.717) is 5.16 Å². The van der Waals surface area contributed by atoms with Crippen LogP contribution in [0.5, 0.6) is 0 Å². The lowest BCUT2D eigenvalue weighted by Crippen LogP contribution is -2.14. The van der Waals surface area contributed by atoms with Crippen molar-refractivity contribution < 1.29 is 9.18 Å². The molecule has 0 aliphatic carbocycles. The van der Waals surface area contributed by atoms with Crippen LogP contribution in [0.2, 0.25) is 0 Å². The van der Waals surface area contributed by atoms with Gasteiger partial charge < -0.3 is 11.5 Å². The van der Waals surface area contributed by atoms with Gasteiger partial charge in [-0.3, -0.25) is 4.79 Å². The van der Waals surface area contributed by atoms with Crippen LogP contribution in [0, 0.1) is 12.7 Å². The standard InChI is InChI=1S/C12H11FN4OS/c1-6-2-3-16-12(17-6)19-10-4-7(11(15)18)9(14)5-8(10)13/h2-5H,14H2,1H3,(H2,15,18). The summed E-state index contributed by atoms with van der Waals surface area (Å²) in [5, 5.41) is 0.388. The topological polar surface area (TPSA) is 94.9 Å². The molecule has 1 amide bonds. The van der Waals surface area contributed by atoms with Gasteiger partial charge in [-0.05, 0) is 36.9 Å². The molecule has 0 aliphatic heterocycles. The molecule has 0 spiro atoms. The van der Waals surface area contributed by atoms with Crippen molar-refractivity contribution in [3.8, 4) is 0 Å². The van der Waals surface area contributed by atoms with Crippen molar-refractivity contribution in [2.24, 2.45) is 5.73 Å². The van der Waals surface area contributed by atoms with Gasteiger partial charge in [-0.15, -0.1) is 0 Å². The zero-order chi connectivity index (χ0) is 14.0. The van der Waals surface area contributed by atoms with E-state index in [0.717, 1.165) is 23.5 Å². The second-order valence-electron chi connectivity index (χ2n) is 3.82. The number of primary amides is 1. The van der Waals surface area contributed by atoms with Crippen LogP contribution in [-0.2, 0) is 0 Å². The Morgan fingerprint density at radius 1 is 1.42 bits per heavy atom. The van der Waals surface area contributed by atoms with E-state index in [4.69, 9.17) is 11.5 Å². The number of hydrogen-bond donors (Lipinski definition) is 2. The number of carbonyl (C=O) groups excluding carboxylic acids is 1. The van der Waals surface area contributed by atoms with Gasteiger partial charge in [-0.2, -0.15) is 0 Å². The largest absolute Gasteiger partial charge is 0.398 e. The summed E-state index contributed by atoms with van der Waals surface area (Å²) in [5.41, 5.74) is 11.6. The monoisotopic (exact) mass is 278 g/mol. The van der Waals surface area contributed by atoms with Crippen LogP contribution < -0.4 is 11.5 Å². The minimum absolute atomic E-state index is 0.0134. The van der Waals surface area contributed by atoms with E-state index < -0.39 is 11.7 Å². The predicted octanol–water partition coefficient (Wildman–Crippen LogP) is 1.76. The Hall–Kier alpha value is -2.15. The molecule has 1 heterocycles. The van der Waals surface area contributed by atoms with Crippen molar-refractivity contribution >= 4 is 23.4 Å². The van der Waals surface area contributed by atoms with Gasteiger partial charge in [0.15, 0.2) is 5.16 Å². The third-order valence-electron chi connectivity index (χ3n) is 2.34. The minimum atomic E-state index is -0.704. The average Bonchev–Trinajstić information content (AvgIpc) is 2.32. The van der Waals surface area contributed by atoms with Gasteiger partial charge in [-0.1, -0.05) is 0 Å². The lowest BCUT2D eigenvalue weighted by atomic mass is 10.1. The Bertz CT molecular complexity index is 648. The summed E-state index contributed by atoms with van der Waals surface area (Å²) in [5.74, 6) is -1.25. The fourth-order valence-corrected chi connectivity index (χ4v) is 2.27. The molecule has 0 fully saturated rings. The molecule has 0 saturated carbocycles. The fraction of sp³-hybridized carbons (Fsp3) is 0.0833. The normalized spacial score (nSPS) is 10.4. The van der Waals surface area contributed by atoms with E-state index in [9.17, 15) is 9.18 Å². The molecule has 0 radical (unpaired) electrons. The minimum Gasteiger partial charge on any atom is -0.398 e. The first kappa shape index (κ1) is 13.3. The van der Waals surface area contributed by atoms with Crippen molar-refractivity contribution in [1.29, 1.82) is 0 Å². The number of amides is 1. The first-order chi connectivity index (χ1) is 8.97. The molecule has 7 heteroatoms. The Kier molecular flexibility index (Phi) is 3.66. The maximum absolute atomic E-state index is 13.8. The second kappa shape index (κ2) is 5.23. The summed E-state index contributed by atoms with van der Waals surface area (Å²) < 4.78 is 13.8. The van der Waals surface area contributed by atoms with Crippen LogP contribution in [0.3, 0.4) is 0 Å². The highest BCUT2D eigenvalue weighted by Crippen LogP contribution is 2.30. The number of benzene rings is 1. The van der Waals surface area contributed by atoms with Crippen molar-refractivity contribution in [3.63, 3.8) is 0 Å². The molecule has 19 heavy (non-hydrogen) atoms. The van der Waals surface area contributed by atoms with E-state index in [1.807, 2.05) is 0 Å². The summed E-state index contributed by atoms with van der Waals surface area (Å²) in [6.45, 7) is 1.81. The average molecular weight is 278 g/mol. The number of aryl methyl sites for hydroxylation is 1. The molecular weight excluding hydrogens is 267 g/mol. The molecule has 0 saturated heterocycles. The predicted molar refractivity (Wildman–Crippen MR) is 70.2 cm³/mol. The SMILES string of the molecule is Cc1ccnc(Sc2cc(C(N)=O)c(N)cc2F)n1. The second-order valence-corrected chi connectivity index (χ2v) is 4.83. The van der Waals surface area contributed by atoms with Gasteiger partial charge in [0.25, 0.3) is 5.91 Å². The zero-order valence-corrected chi connectivity index (χ0v) is 10.9. The van der Waals surface area contributed by atoms with Gasteiger partial charge in [0.1, 0.15) is 5.82 Å². The van der Waals surface area contributed by atoms with E-state index in [2.05, 4.69) is 9.97 Å². The summed E-state index contributed by atoms with van der Waals surface area (Å²) in [6, 6.07) is 4.11. The van der Waals surface area contributed by atoms with Gasteiger partial charge in [0.2, 0.25) is 0 Å². The van der Waals surface area contributed by atoms with Crippen molar-refractivity contribution in [2.45, 2.75) is 17.0 Å². The Morgan fingerprint density at radius 3 is 2.79 bits per heavy atom. The Morgan fingerprint density at radius 2 is 2.16 bits per heavy atom. The van der Waals surface area contributed by atoms with Crippen LogP contribution in [-0.4, -0.2) is 15.9 Å². The molecule has 98 valence electrons. The van der Waals surface area contributed by atoms with E-state index in [1.54, 1.807) is 19.2 Å². The third kappa shape index (κ3) is 3.00. The van der Waals surface area contributed by atoms with Crippen LogP contribution >= 0.6 is 11.8 Å². The molecule has 2 rings (SSSR count). The Labute approximate surface area is 113 Å². The maximum atomic E-state index is 13.8. The molecule has 0 atom stereocenters. The highest BCUT2D eigenvalue weighted by Gasteiger charge is 2.13. The molecule has 4 N–H and O–H groups in total. The van der Waals surface area contributed by atoms with Crippen molar-refractivity contribution in [1.82, 2.24) is 9.97 Å². The van der Waals surface area contributed by atoms with Crippen molar-refractivity contribution in [2.75, 3.05) is 5.73 Å². The zero-order valence-electron chi connectivity index (χ0n) is 10.1. The fourth-order valence-electron chi connectivity index (χ4n) is 1.43. The lowest BCUT2D eigenvalue weighted by Gasteiger charge is -2.07. The summed E-state index contributed by atoms with van der Waals surface area (Å²) in [7, 11) is 0. The molecular formula is C12H11FN4OS. The van der Waals surface area contributed by atoms with Crippen LogP contribution in [0.25, 0.3) is 0 Å². The highest BCUT2D eigenvalue weighted by atomic mass is 32.2. The first-order valence-corrected chi connectivity index (χ1v) is 6.15. The number of carbonyl (C=O) groups is 1. The number of nitrogens with two attached hydrogens (primary N) is 2. The number of rotatable bonds is 3. The number of hydrogen-bond acceptors (Lipinski definition) is 5. The van der Waals surface area contributed by atoms with Gasteiger partial charge in [-0.25, -0.2) is 14.4 Å². The maximum Gasteiger partial charge on any atom is 0.250 e. The number of aromatic nitrogens is 2. The van der Waals surface area contributed by atoms with Gasteiger partial charge in [0, 0.05) is 17.6 Å². The third-order valence-corrected chi connectivity index (χ3v) is 3.26. The van der Waals surface area contributed by atoms with Gasteiger partial charge >= 0.3 is 0 Å². The van der Waals surface area contributed by atoms with Crippen LogP contribution in [0.1, 0.15) is 16.1 Å². The van der Waals surface area contributed by atoms with E-state index >= 15 is 0 Å². The van der Waals surface area contributed by atoms with Crippen molar-refractivity contribution in [3.05, 3.63) is 41.5 Å². The molecule has 0 unspecified atom stereocenters. The summed E-state index contributed by atoms with van der Waals surface area (Å²) >= 11 is 1.01. The molecule has 2 aromatic rings. The number of nitrogen functional groups attached to an aromatic ring is 1. The number of nitrogens with zero attached hydrogens (tertiary/aromatic N) is 2. The lowest BCUT2D eigenvalue weighted by molar-refractivity contribution is 0.100. The first-order valence-electron chi connectivity index (χ1n) is 5.33. The molecule has 5 nitrogen and oxygen atoms in total. The molecule has 0 bridgehead atoms. The van der Waals surface area contributed by atoms with E-state index in [1.165, 1.54) is 6.07 Å². The smallest absolute Gasteiger partial charge is 0.250 e. The molecule has 1 aromatic heterocycles. The van der Waals surface area contributed by atoms with Crippen LogP contribution in [0.15, 0.2) is 34.4 Å². The van der Waals surface area contributed by atoms with E-state index in [-0.39, 0.29) is 16.1 Å². The highest BCUT2D eigenvalue weighted by molar-refractivity contribution is 7.99. The molecule has 0 aliphatic rings.